The van der Waals surface area contributed by atoms with Gasteiger partial charge in [0.1, 0.15) is 5.52 Å². The van der Waals surface area contributed by atoms with E-state index in [0.29, 0.717) is 0 Å². The zero-order valence-electron chi connectivity index (χ0n) is 16.9. The lowest BCUT2D eigenvalue weighted by Crippen LogP contribution is -2.35. The maximum Gasteiger partial charge on any atom is 0.241 e. The minimum Gasteiger partial charge on any atom is -0.235 e. The number of para-hydroxylation sites is 1. The summed E-state index contributed by atoms with van der Waals surface area (Å²) in [4.78, 5) is 0.218. The van der Waals surface area contributed by atoms with Crippen LogP contribution in [0.3, 0.4) is 0 Å². The molecule has 0 bridgehead atoms. The summed E-state index contributed by atoms with van der Waals surface area (Å²) in [6.45, 7) is 0. The molecule has 0 saturated carbocycles. The van der Waals surface area contributed by atoms with Crippen LogP contribution in [0.5, 0.6) is 0 Å². The van der Waals surface area contributed by atoms with Crippen molar-refractivity contribution < 1.29 is 8.42 Å². The van der Waals surface area contributed by atoms with Gasteiger partial charge < -0.3 is 0 Å². The fourth-order valence-electron chi connectivity index (χ4n) is 3.82. The second-order valence-corrected chi connectivity index (χ2v) is 9.84. The van der Waals surface area contributed by atoms with E-state index < -0.39 is 22.1 Å². The van der Waals surface area contributed by atoms with E-state index in [1.807, 2.05) is 71.4 Å². The number of nitrogens with zero attached hydrogens (tertiary/aromatic N) is 3. The fraction of sp³-hybridized carbons (Fsp3) is 0.0833. The number of hydrogen-bond acceptors (Lipinski definition) is 5. The minimum absolute atomic E-state index is 0.218. The first kappa shape index (κ1) is 20.6. The molecule has 0 aliphatic carbocycles. The molecular weight excluding hydrogens is 440 g/mol. The molecular formula is C24H20N4O2S2. The van der Waals surface area contributed by atoms with Gasteiger partial charge in [0.05, 0.1) is 22.5 Å². The highest BCUT2D eigenvalue weighted by atomic mass is 32.2. The van der Waals surface area contributed by atoms with Crippen LogP contribution < -0.4 is 4.72 Å². The first-order valence-electron chi connectivity index (χ1n) is 10.1. The summed E-state index contributed by atoms with van der Waals surface area (Å²) in [7, 11) is -3.79. The van der Waals surface area contributed by atoms with E-state index >= 15 is 0 Å². The number of fused-ring (bicyclic) bond motifs is 1. The molecule has 3 aromatic carbocycles. The second-order valence-electron chi connectivity index (χ2n) is 7.35. The lowest BCUT2D eigenvalue weighted by Gasteiger charge is -2.28. The SMILES string of the molecule is O=S(=O)(NC(c1ccsc1)C(c1ccccc1)n1nnc2ccccc21)c1ccccc1. The number of aromatic nitrogens is 3. The van der Waals surface area contributed by atoms with Gasteiger partial charge in [-0.25, -0.2) is 17.8 Å². The molecule has 6 nitrogen and oxygen atoms in total. The molecule has 2 atom stereocenters. The maximum absolute atomic E-state index is 13.4. The molecule has 2 aromatic heterocycles. The van der Waals surface area contributed by atoms with Crippen molar-refractivity contribution in [2.75, 3.05) is 0 Å². The third-order valence-corrected chi connectivity index (χ3v) is 7.49. The van der Waals surface area contributed by atoms with Gasteiger partial charge in [-0.05, 0) is 52.2 Å². The van der Waals surface area contributed by atoms with Crippen LogP contribution in [0.1, 0.15) is 23.2 Å². The van der Waals surface area contributed by atoms with Crippen molar-refractivity contribution >= 4 is 32.4 Å². The molecule has 0 spiro atoms. The van der Waals surface area contributed by atoms with Crippen molar-refractivity contribution in [2.45, 2.75) is 17.0 Å². The average molecular weight is 461 g/mol. The van der Waals surface area contributed by atoms with E-state index in [1.165, 1.54) is 11.3 Å². The summed E-state index contributed by atoms with van der Waals surface area (Å²) in [6.07, 6.45) is 0. The summed E-state index contributed by atoms with van der Waals surface area (Å²) in [5, 5.41) is 12.7. The quantitative estimate of drug-likeness (QED) is 0.378. The highest BCUT2D eigenvalue weighted by molar-refractivity contribution is 7.89. The van der Waals surface area contributed by atoms with Gasteiger partial charge in [0.25, 0.3) is 0 Å². The maximum atomic E-state index is 13.4. The zero-order valence-corrected chi connectivity index (χ0v) is 18.6. The van der Waals surface area contributed by atoms with Crippen LogP contribution in [0, 0.1) is 0 Å². The van der Waals surface area contributed by atoms with Crippen LogP contribution in [0.2, 0.25) is 0 Å². The Morgan fingerprint density at radius 3 is 2.22 bits per heavy atom. The van der Waals surface area contributed by atoms with E-state index in [2.05, 4.69) is 15.0 Å². The lowest BCUT2D eigenvalue weighted by atomic mass is 9.95. The lowest BCUT2D eigenvalue weighted by molar-refractivity contribution is 0.416. The highest BCUT2D eigenvalue weighted by Crippen LogP contribution is 2.36. The first-order chi connectivity index (χ1) is 15.6. The molecule has 0 aliphatic rings. The van der Waals surface area contributed by atoms with Gasteiger partial charge in [-0.1, -0.05) is 65.9 Å². The Labute approximate surface area is 190 Å². The van der Waals surface area contributed by atoms with E-state index in [4.69, 9.17) is 0 Å². The second kappa shape index (κ2) is 8.66. The summed E-state index contributed by atoms with van der Waals surface area (Å²) in [5.74, 6) is 0. The summed E-state index contributed by atoms with van der Waals surface area (Å²) < 4.78 is 31.5. The number of thiophene rings is 1. The molecule has 2 heterocycles. The Morgan fingerprint density at radius 1 is 0.812 bits per heavy atom. The average Bonchev–Trinajstić information content (AvgIpc) is 3.51. The zero-order chi connectivity index (χ0) is 22.0. The molecule has 0 amide bonds. The fourth-order valence-corrected chi connectivity index (χ4v) is 5.77. The van der Waals surface area contributed by atoms with Gasteiger partial charge in [-0.3, -0.25) is 0 Å². The summed E-state index contributed by atoms with van der Waals surface area (Å²) in [6, 6.07) is 26.8. The van der Waals surface area contributed by atoms with Crippen LogP contribution >= 0.6 is 11.3 Å². The van der Waals surface area contributed by atoms with Gasteiger partial charge in [0.2, 0.25) is 10.0 Å². The molecule has 0 fully saturated rings. The van der Waals surface area contributed by atoms with Gasteiger partial charge in [0, 0.05) is 0 Å². The van der Waals surface area contributed by atoms with Crippen molar-refractivity contribution in [3.63, 3.8) is 0 Å². The van der Waals surface area contributed by atoms with Crippen LogP contribution in [0.15, 0.2) is 107 Å². The van der Waals surface area contributed by atoms with Crippen molar-refractivity contribution in [3.8, 4) is 0 Å². The van der Waals surface area contributed by atoms with Crippen LogP contribution in [0.25, 0.3) is 11.0 Å². The molecule has 5 aromatic rings. The first-order valence-corrected chi connectivity index (χ1v) is 12.5. The predicted molar refractivity (Wildman–Crippen MR) is 126 cm³/mol. The molecule has 2 unspecified atom stereocenters. The Bertz CT molecular complexity index is 1420. The monoisotopic (exact) mass is 460 g/mol. The van der Waals surface area contributed by atoms with Crippen LogP contribution in [-0.2, 0) is 10.0 Å². The number of rotatable bonds is 7. The highest BCUT2D eigenvalue weighted by Gasteiger charge is 2.33. The van der Waals surface area contributed by atoms with Crippen molar-refractivity contribution in [2.24, 2.45) is 0 Å². The Kier molecular flexibility index (Phi) is 5.57. The smallest absolute Gasteiger partial charge is 0.235 e. The standard InChI is InChI=1S/C24H20N4O2S2/c29-32(30,20-11-5-2-6-12-20)26-23(19-15-16-31-17-19)24(18-9-3-1-4-10-18)28-22-14-8-7-13-21(22)25-27-28/h1-17,23-24,26H. The topological polar surface area (TPSA) is 76.9 Å². The molecule has 8 heteroatoms. The predicted octanol–water partition coefficient (Wildman–Crippen LogP) is 4.80. The van der Waals surface area contributed by atoms with Crippen molar-refractivity contribution in [3.05, 3.63) is 113 Å². The Balaban J connectivity index is 1.69. The van der Waals surface area contributed by atoms with Crippen molar-refractivity contribution in [1.29, 1.82) is 0 Å². The number of hydrogen-bond donors (Lipinski definition) is 1. The number of benzene rings is 3. The molecule has 0 radical (unpaired) electrons. The van der Waals surface area contributed by atoms with Gasteiger partial charge in [0.15, 0.2) is 0 Å². The normalized spacial score (nSPS) is 13.8. The van der Waals surface area contributed by atoms with Crippen molar-refractivity contribution in [1.82, 2.24) is 19.7 Å². The summed E-state index contributed by atoms with van der Waals surface area (Å²) >= 11 is 1.52. The molecule has 1 N–H and O–H groups in total. The van der Waals surface area contributed by atoms with Crippen LogP contribution in [-0.4, -0.2) is 23.4 Å². The summed E-state index contributed by atoms with van der Waals surface area (Å²) in [5.41, 5.74) is 3.38. The third-order valence-electron chi connectivity index (χ3n) is 5.34. The van der Waals surface area contributed by atoms with E-state index in [1.54, 1.807) is 35.0 Å². The van der Waals surface area contributed by atoms with Gasteiger partial charge in [-0.15, -0.1) is 5.10 Å². The van der Waals surface area contributed by atoms with E-state index in [0.717, 1.165) is 22.2 Å². The Hall–Kier alpha value is -3.33. The van der Waals surface area contributed by atoms with Gasteiger partial charge in [-0.2, -0.15) is 11.3 Å². The third kappa shape index (κ3) is 3.95. The number of nitrogens with one attached hydrogen (secondary N) is 1. The van der Waals surface area contributed by atoms with Crippen LogP contribution in [0.4, 0.5) is 0 Å². The van der Waals surface area contributed by atoms with E-state index in [-0.39, 0.29) is 4.90 Å². The largest absolute Gasteiger partial charge is 0.241 e. The Morgan fingerprint density at radius 2 is 1.50 bits per heavy atom. The molecule has 5 rings (SSSR count). The molecule has 160 valence electrons. The van der Waals surface area contributed by atoms with Gasteiger partial charge >= 0.3 is 0 Å². The molecule has 32 heavy (non-hydrogen) atoms. The molecule has 0 saturated heterocycles. The minimum atomic E-state index is -3.79. The van der Waals surface area contributed by atoms with E-state index in [9.17, 15) is 8.42 Å². The molecule has 0 aliphatic heterocycles. The number of sulfonamides is 1.